The van der Waals surface area contributed by atoms with Crippen LogP contribution < -0.4 is 15.4 Å². The first kappa shape index (κ1) is 14.4. The highest BCUT2D eigenvalue weighted by Gasteiger charge is 2.27. The fraction of sp³-hybridized carbons (Fsp3) is 0.538. The van der Waals surface area contributed by atoms with E-state index in [1.54, 1.807) is 13.2 Å². The topological polar surface area (TPSA) is 57.0 Å². The molecule has 0 unspecified atom stereocenters. The van der Waals surface area contributed by atoms with Gasteiger partial charge in [-0.15, -0.1) is 0 Å². The Bertz CT molecular complexity index is 436. The third-order valence-corrected chi connectivity index (χ3v) is 3.34. The number of benzene rings is 1. The number of likely N-dealkylation sites (tertiary alicyclic amines) is 1. The van der Waals surface area contributed by atoms with Crippen LogP contribution in [0.25, 0.3) is 0 Å². The van der Waals surface area contributed by atoms with Crippen molar-refractivity contribution in [2.75, 3.05) is 33.9 Å². The van der Waals surface area contributed by atoms with Crippen LogP contribution in [0.3, 0.4) is 0 Å². The molecule has 0 spiro atoms. The monoisotopic (exact) mass is 286 g/mol. The Balaban J connectivity index is 2.20. The van der Waals surface area contributed by atoms with Crippen molar-refractivity contribution < 1.29 is 14.3 Å². The molecule has 1 aromatic rings. The van der Waals surface area contributed by atoms with Crippen molar-refractivity contribution in [1.29, 1.82) is 0 Å². The molecular weight excluding hydrogens is 268 g/mol. The quantitative estimate of drug-likeness (QED) is 0.803. The molecule has 1 aromatic carbocycles. The molecule has 19 heavy (non-hydrogen) atoms. The first-order valence-corrected chi connectivity index (χ1v) is 6.55. The maximum absolute atomic E-state index is 6.07. The SMILES string of the molecule is COc1cc(Cl)cc(CCON)c1OC1CN(C)C1. The minimum absolute atomic E-state index is 0.192. The molecule has 0 amide bonds. The van der Waals surface area contributed by atoms with Crippen LogP contribution in [-0.4, -0.2) is 44.9 Å². The molecule has 1 aliphatic rings. The molecule has 0 aromatic heterocycles. The Morgan fingerprint density at radius 2 is 2.16 bits per heavy atom. The summed E-state index contributed by atoms with van der Waals surface area (Å²) in [5.74, 6) is 6.47. The van der Waals surface area contributed by atoms with Gasteiger partial charge in [0.25, 0.3) is 0 Å². The Labute approximate surface area is 118 Å². The molecule has 0 bridgehead atoms. The number of likely N-dealkylation sites (N-methyl/N-ethyl adjacent to an activating group) is 1. The summed E-state index contributed by atoms with van der Waals surface area (Å²) in [7, 11) is 3.66. The molecule has 0 saturated carbocycles. The minimum Gasteiger partial charge on any atom is -0.493 e. The third-order valence-electron chi connectivity index (χ3n) is 3.12. The van der Waals surface area contributed by atoms with Crippen molar-refractivity contribution in [2.45, 2.75) is 12.5 Å². The Morgan fingerprint density at radius 3 is 2.74 bits per heavy atom. The maximum Gasteiger partial charge on any atom is 0.165 e. The van der Waals surface area contributed by atoms with E-state index in [2.05, 4.69) is 16.8 Å². The zero-order valence-corrected chi connectivity index (χ0v) is 11.9. The second-order valence-electron chi connectivity index (χ2n) is 4.68. The summed E-state index contributed by atoms with van der Waals surface area (Å²) in [6.45, 7) is 2.24. The average Bonchev–Trinajstić information content (AvgIpc) is 2.36. The molecule has 5 nitrogen and oxygen atoms in total. The lowest BCUT2D eigenvalue weighted by molar-refractivity contribution is 0.0358. The van der Waals surface area contributed by atoms with Gasteiger partial charge in [0.2, 0.25) is 0 Å². The minimum atomic E-state index is 0.192. The van der Waals surface area contributed by atoms with Gasteiger partial charge in [-0.2, -0.15) is 0 Å². The second kappa shape index (κ2) is 6.43. The van der Waals surface area contributed by atoms with E-state index in [0.717, 1.165) is 24.4 Å². The number of hydrogen-bond donors (Lipinski definition) is 1. The van der Waals surface area contributed by atoms with Crippen LogP contribution in [0.4, 0.5) is 0 Å². The summed E-state index contributed by atoms with van der Waals surface area (Å²) >= 11 is 6.07. The first-order chi connectivity index (χ1) is 9.13. The highest BCUT2D eigenvalue weighted by Crippen LogP contribution is 2.36. The Hall–Kier alpha value is -1.01. The number of methoxy groups -OCH3 is 1. The fourth-order valence-electron chi connectivity index (χ4n) is 2.15. The van der Waals surface area contributed by atoms with E-state index in [4.69, 9.17) is 27.0 Å². The molecule has 1 fully saturated rings. The van der Waals surface area contributed by atoms with E-state index in [1.807, 2.05) is 6.07 Å². The van der Waals surface area contributed by atoms with Crippen molar-refractivity contribution >= 4 is 11.6 Å². The first-order valence-electron chi connectivity index (χ1n) is 6.17. The van der Waals surface area contributed by atoms with Crippen LogP contribution >= 0.6 is 11.6 Å². The third kappa shape index (κ3) is 3.51. The number of nitrogens with two attached hydrogens (primary N) is 1. The summed E-state index contributed by atoms with van der Waals surface area (Å²) in [6, 6.07) is 3.62. The molecule has 1 saturated heterocycles. The van der Waals surface area contributed by atoms with Crippen molar-refractivity contribution in [2.24, 2.45) is 5.90 Å². The molecule has 1 heterocycles. The van der Waals surface area contributed by atoms with Crippen LogP contribution in [-0.2, 0) is 11.3 Å². The van der Waals surface area contributed by atoms with Crippen molar-refractivity contribution in [3.05, 3.63) is 22.7 Å². The number of rotatable bonds is 6. The smallest absolute Gasteiger partial charge is 0.165 e. The lowest BCUT2D eigenvalue weighted by Crippen LogP contribution is -2.51. The van der Waals surface area contributed by atoms with Gasteiger partial charge in [-0.25, -0.2) is 5.90 Å². The van der Waals surface area contributed by atoms with E-state index in [0.29, 0.717) is 23.8 Å². The van der Waals surface area contributed by atoms with E-state index >= 15 is 0 Å². The fourth-order valence-corrected chi connectivity index (χ4v) is 2.38. The van der Waals surface area contributed by atoms with Crippen molar-refractivity contribution in [3.63, 3.8) is 0 Å². The van der Waals surface area contributed by atoms with Crippen molar-refractivity contribution in [3.8, 4) is 11.5 Å². The number of nitrogens with zero attached hydrogens (tertiary/aromatic N) is 1. The van der Waals surface area contributed by atoms with Gasteiger partial charge in [-0.05, 0) is 13.1 Å². The predicted molar refractivity (Wildman–Crippen MR) is 73.8 cm³/mol. The van der Waals surface area contributed by atoms with E-state index in [-0.39, 0.29) is 6.10 Å². The standard InChI is InChI=1S/C13H19ClN2O3/c1-16-7-11(8-16)19-13-9(3-4-18-15)5-10(14)6-12(13)17-2/h5-6,11H,3-4,7-8,15H2,1-2H3. The number of hydrogen-bond acceptors (Lipinski definition) is 5. The molecule has 106 valence electrons. The molecule has 1 aliphatic heterocycles. The van der Waals surface area contributed by atoms with Gasteiger partial charge in [0.1, 0.15) is 6.10 Å². The zero-order valence-electron chi connectivity index (χ0n) is 11.2. The van der Waals surface area contributed by atoms with Crippen LogP contribution in [0.5, 0.6) is 11.5 Å². The van der Waals surface area contributed by atoms with Gasteiger partial charge in [0.05, 0.1) is 13.7 Å². The van der Waals surface area contributed by atoms with Crippen LogP contribution in [0.15, 0.2) is 12.1 Å². The molecule has 2 rings (SSSR count). The van der Waals surface area contributed by atoms with E-state index in [1.165, 1.54) is 0 Å². The molecule has 2 N–H and O–H groups in total. The second-order valence-corrected chi connectivity index (χ2v) is 5.11. The molecule has 0 aliphatic carbocycles. The lowest BCUT2D eigenvalue weighted by atomic mass is 10.1. The number of ether oxygens (including phenoxy) is 2. The summed E-state index contributed by atoms with van der Waals surface area (Å²) < 4.78 is 11.4. The van der Waals surface area contributed by atoms with Gasteiger partial charge < -0.3 is 14.3 Å². The van der Waals surface area contributed by atoms with Gasteiger partial charge in [-0.1, -0.05) is 11.6 Å². The summed E-state index contributed by atoms with van der Waals surface area (Å²) in [4.78, 5) is 6.82. The summed E-state index contributed by atoms with van der Waals surface area (Å²) in [5.41, 5.74) is 0.948. The average molecular weight is 287 g/mol. The lowest BCUT2D eigenvalue weighted by Gasteiger charge is -2.36. The van der Waals surface area contributed by atoms with Gasteiger partial charge >= 0.3 is 0 Å². The Morgan fingerprint density at radius 1 is 1.42 bits per heavy atom. The van der Waals surface area contributed by atoms with E-state index < -0.39 is 0 Å². The van der Waals surface area contributed by atoms with Gasteiger partial charge in [-0.3, -0.25) is 4.90 Å². The van der Waals surface area contributed by atoms with Crippen LogP contribution in [0.2, 0.25) is 5.02 Å². The maximum atomic E-state index is 6.07. The normalized spacial score (nSPS) is 16.2. The molecule has 0 radical (unpaired) electrons. The molecule has 6 heteroatoms. The Kier molecular flexibility index (Phi) is 4.87. The zero-order chi connectivity index (χ0) is 13.8. The molecular formula is C13H19ClN2O3. The van der Waals surface area contributed by atoms with Gasteiger partial charge in [0.15, 0.2) is 11.5 Å². The summed E-state index contributed by atoms with van der Waals surface area (Å²) in [6.07, 6.45) is 0.823. The van der Waals surface area contributed by atoms with Gasteiger partial charge in [0, 0.05) is 36.2 Å². The van der Waals surface area contributed by atoms with Crippen LogP contribution in [0, 0.1) is 0 Å². The highest BCUT2D eigenvalue weighted by molar-refractivity contribution is 6.30. The predicted octanol–water partition coefficient (Wildman–Crippen LogP) is 1.47. The molecule has 0 atom stereocenters. The largest absolute Gasteiger partial charge is 0.493 e. The highest BCUT2D eigenvalue weighted by atomic mass is 35.5. The summed E-state index contributed by atoms with van der Waals surface area (Å²) in [5, 5.41) is 0.613. The van der Waals surface area contributed by atoms with Crippen LogP contribution in [0.1, 0.15) is 5.56 Å². The van der Waals surface area contributed by atoms with Crippen molar-refractivity contribution in [1.82, 2.24) is 4.90 Å². The van der Waals surface area contributed by atoms with E-state index in [9.17, 15) is 0 Å². The number of halogens is 1.